The number of halogens is 4. The van der Waals surface area contributed by atoms with Gasteiger partial charge in [-0.05, 0) is 30.3 Å². The number of hydrogen-bond donors (Lipinski definition) is 1. The van der Waals surface area contributed by atoms with E-state index in [2.05, 4.69) is 4.98 Å². The molecular formula is C12H8F4N2. The molecule has 0 radical (unpaired) electrons. The minimum atomic E-state index is -4.73. The predicted octanol–water partition coefficient (Wildman–Crippen LogP) is 3.49. The number of nitrogen functional groups attached to an aromatic ring is 1. The standard InChI is InChI=1S/C12H8F4N2/c13-10-3-1-7(5-9(10)12(14,15)16)11-4-2-8(17)6-18-11/h1-6H,17H2. The minimum Gasteiger partial charge on any atom is -0.397 e. The molecule has 0 spiro atoms. The SMILES string of the molecule is Nc1ccc(-c2ccc(F)c(C(F)(F)F)c2)nc1. The Labute approximate surface area is 100 Å². The monoisotopic (exact) mass is 256 g/mol. The highest BCUT2D eigenvalue weighted by Gasteiger charge is 2.34. The molecule has 0 unspecified atom stereocenters. The summed E-state index contributed by atoms with van der Waals surface area (Å²) in [6, 6.07) is 5.73. The zero-order valence-corrected chi connectivity index (χ0v) is 9.00. The highest BCUT2D eigenvalue weighted by atomic mass is 19.4. The number of nitrogens with two attached hydrogens (primary N) is 1. The van der Waals surface area contributed by atoms with Crippen LogP contribution < -0.4 is 5.73 Å². The van der Waals surface area contributed by atoms with E-state index in [9.17, 15) is 17.6 Å². The van der Waals surface area contributed by atoms with Crippen molar-refractivity contribution in [1.82, 2.24) is 4.98 Å². The Morgan fingerprint density at radius 1 is 1.06 bits per heavy atom. The first-order valence-corrected chi connectivity index (χ1v) is 4.96. The van der Waals surface area contributed by atoms with Crippen LogP contribution in [0.5, 0.6) is 0 Å². The van der Waals surface area contributed by atoms with Gasteiger partial charge in [0, 0.05) is 5.56 Å². The van der Waals surface area contributed by atoms with Gasteiger partial charge in [0.15, 0.2) is 0 Å². The topological polar surface area (TPSA) is 38.9 Å². The van der Waals surface area contributed by atoms with Gasteiger partial charge in [-0.1, -0.05) is 0 Å². The molecule has 0 aliphatic rings. The Morgan fingerprint density at radius 2 is 1.78 bits per heavy atom. The zero-order valence-electron chi connectivity index (χ0n) is 9.00. The quantitative estimate of drug-likeness (QED) is 0.793. The molecule has 0 saturated heterocycles. The molecule has 0 amide bonds. The van der Waals surface area contributed by atoms with Crippen LogP contribution in [0.4, 0.5) is 23.2 Å². The summed E-state index contributed by atoms with van der Waals surface area (Å²) in [6.07, 6.45) is -3.40. The number of nitrogens with zero attached hydrogens (tertiary/aromatic N) is 1. The van der Waals surface area contributed by atoms with Crippen LogP contribution in [-0.4, -0.2) is 4.98 Å². The van der Waals surface area contributed by atoms with Gasteiger partial charge in [0.05, 0.1) is 23.1 Å². The fraction of sp³-hybridized carbons (Fsp3) is 0.0833. The van der Waals surface area contributed by atoms with E-state index in [0.717, 1.165) is 12.1 Å². The van der Waals surface area contributed by atoms with Crippen LogP contribution >= 0.6 is 0 Å². The third-order valence-corrected chi connectivity index (χ3v) is 2.35. The molecule has 94 valence electrons. The molecule has 2 aromatic rings. The molecule has 0 bridgehead atoms. The molecular weight excluding hydrogens is 248 g/mol. The first-order valence-electron chi connectivity index (χ1n) is 4.96. The summed E-state index contributed by atoms with van der Waals surface area (Å²) in [5.41, 5.74) is 5.00. The molecule has 0 atom stereocenters. The number of anilines is 1. The first kappa shape index (κ1) is 12.3. The largest absolute Gasteiger partial charge is 0.419 e. The highest BCUT2D eigenvalue weighted by Crippen LogP contribution is 2.33. The van der Waals surface area contributed by atoms with Crippen LogP contribution in [0.25, 0.3) is 11.3 Å². The maximum Gasteiger partial charge on any atom is 0.419 e. The second-order valence-electron chi connectivity index (χ2n) is 3.67. The second-order valence-corrected chi connectivity index (χ2v) is 3.67. The molecule has 0 fully saturated rings. The number of hydrogen-bond acceptors (Lipinski definition) is 2. The van der Waals surface area contributed by atoms with E-state index in [1.165, 1.54) is 24.4 Å². The van der Waals surface area contributed by atoms with Gasteiger partial charge in [0.25, 0.3) is 0 Å². The molecule has 0 aliphatic heterocycles. The van der Waals surface area contributed by atoms with Gasteiger partial charge >= 0.3 is 6.18 Å². The van der Waals surface area contributed by atoms with Crippen molar-refractivity contribution in [3.63, 3.8) is 0 Å². The molecule has 0 aliphatic carbocycles. The van der Waals surface area contributed by atoms with Crippen LogP contribution in [0, 0.1) is 5.82 Å². The van der Waals surface area contributed by atoms with Crippen molar-refractivity contribution in [2.75, 3.05) is 5.73 Å². The average Bonchev–Trinajstić information content (AvgIpc) is 2.29. The lowest BCUT2D eigenvalue weighted by Gasteiger charge is -2.09. The van der Waals surface area contributed by atoms with Gasteiger partial charge in [0.1, 0.15) is 5.82 Å². The third-order valence-electron chi connectivity index (χ3n) is 2.35. The van der Waals surface area contributed by atoms with Crippen molar-refractivity contribution >= 4 is 5.69 Å². The summed E-state index contributed by atoms with van der Waals surface area (Å²) in [5.74, 6) is -1.30. The summed E-state index contributed by atoms with van der Waals surface area (Å²) < 4.78 is 50.7. The summed E-state index contributed by atoms with van der Waals surface area (Å²) in [5, 5.41) is 0. The lowest BCUT2D eigenvalue weighted by atomic mass is 10.1. The van der Waals surface area contributed by atoms with Crippen molar-refractivity contribution in [1.29, 1.82) is 0 Å². The normalized spacial score (nSPS) is 11.6. The van der Waals surface area contributed by atoms with E-state index in [0.29, 0.717) is 11.4 Å². The Kier molecular flexibility index (Phi) is 2.94. The van der Waals surface area contributed by atoms with Crippen LogP contribution in [0.2, 0.25) is 0 Å². The first-order chi connectivity index (χ1) is 8.38. The molecule has 1 aromatic heterocycles. The maximum absolute atomic E-state index is 13.1. The fourth-order valence-electron chi connectivity index (χ4n) is 1.48. The number of rotatable bonds is 1. The van der Waals surface area contributed by atoms with Gasteiger partial charge in [-0.15, -0.1) is 0 Å². The Morgan fingerprint density at radius 3 is 2.33 bits per heavy atom. The number of benzene rings is 1. The van der Waals surface area contributed by atoms with E-state index in [-0.39, 0.29) is 5.56 Å². The maximum atomic E-state index is 13.1. The van der Waals surface area contributed by atoms with Crippen molar-refractivity contribution < 1.29 is 17.6 Å². The van der Waals surface area contributed by atoms with Gasteiger partial charge in [-0.3, -0.25) is 4.98 Å². The number of alkyl halides is 3. The average molecular weight is 256 g/mol. The van der Waals surface area contributed by atoms with Gasteiger partial charge in [-0.25, -0.2) is 4.39 Å². The molecule has 2 rings (SSSR count). The number of aromatic nitrogens is 1. The van der Waals surface area contributed by atoms with E-state index in [4.69, 9.17) is 5.73 Å². The summed E-state index contributed by atoms with van der Waals surface area (Å²) in [6.45, 7) is 0. The van der Waals surface area contributed by atoms with Crippen molar-refractivity contribution in [3.05, 3.63) is 47.9 Å². The molecule has 2 N–H and O–H groups in total. The van der Waals surface area contributed by atoms with Crippen LogP contribution in [0.3, 0.4) is 0 Å². The van der Waals surface area contributed by atoms with E-state index in [1.54, 1.807) is 0 Å². The second kappa shape index (κ2) is 4.29. The molecule has 0 saturated carbocycles. The van der Waals surface area contributed by atoms with Crippen LogP contribution in [0.15, 0.2) is 36.5 Å². The van der Waals surface area contributed by atoms with E-state index < -0.39 is 17.6 Å². The summed E-state index contributed by atoms with van der Waals surface area (Å²) in [4.78, 5) is 3.89. The van der Waals surface area contributed by atoms with Gasteiger partial charge in [0.2, 0.25) is 0 Å². The Hall–Kier alpha value is -2.11. The molecule has 2 nitrogen and oxygen atoms in total. The fourth-order valence-corrected chi connectivity index (χ4v) is 1.48. The van der Waals surface area contributed by atoms with Crippen molar-refractivity contribution in [2.24, 2.45) is 0 Å². The third kappa shape index (κ3) is 2.42. The van der Waals surface area contributed by atoms with Crippen LogP contribution in [0.1, 0.15) is 5.56 Å². The molecule has 1 aromatic carbocycles. The molecule has 18 heavy (non-hydrogen) atoms. The predicted molar refractivity (Wildman–Crippen MR) is 59.0 cm³/mol. The Balaban J connectivity index is 2.50. The summed E-state index contributed by atoms with van der Waals surface area (Å²) in [7, 11) is 0. The van der Waals surface area contributed by atoms with Gasteiger partial charge in [-0.2, -0.15) is 13.2 Å². The smallest absolute Gasteiger partial charge is 0.397 e. The van der Waals surface area contributed by atoms with E-state index >= 15 is 0 Å². The van der Waals surface area contributed by atoms with Gasteiger partial charge < -0.3 is 5.73 Å². The van der Waals surface area contributed by atoms with Crippen molar-refractivity contribution in [3.8, 4) is 11.3 Å². The minimum absolute atomic E-state index is 0.184. The lowest BCUT2D eigenvalue weighted by Crippen LogP contribution is -2.08. The summed E-state index contributed by atoms with van der Waals surface area (Å²) >= 11 is 0. The zero-order chi connectivity index (χ0) is 13.3. The van der Waals surface area contributed by atoms with E-state index in [1.807, 2.05) is 0 Å². The van der Waals surface area contributed by atoms with Crippen molar-refractivity contribution in [2.45, 2.75) is 6.18 Å². The lowest BCUT2D eigenvalue weighted by molar-refractivity contribution is -0.139. The number of pyridine rings is 1. The molecule has 1 heterocycles. The Bertz CT molecular complexity index is 561. The highest BCUT2D eigenvalue weighted by molar-refractivity contribution is 5.61. The van der Waals surface area contributed by atoms with Crippen LogP contribution in [-0.2, 0) is 6.18 Å². The molecule has 6 heteroatoms.